The molecule has 0 aromatic heterocycles. The number of sulfonamides is 1. The van der Waals surface area contributed by atoms with Gasteiger partial charge >= 0.3 is 0 Å². The zero-order valence-electron chi connectivity index (χ0n) is 12.1. The average Bonchev–Trinajstić information content (AvgIpc) is 2.52. The summed E-state index contributed by atoms with van der Waals surface area (Å²) in [5, 5.41) is 0. The maximum atomic E-state index is 12.7. The smallest absolute Gasteiger partial charge is 0.236 e. The molecule has 0 spiro atoms. The van der Waals surface area contributed by atoms with E-state index in [1.54, 1.807) is 30.3 Å². The third-order valence-corrected chi connectivity index (χ3v) is 4.76. The number of carbonyl (C=O) groups excluding carboxylic acids is 2. The SMILES string of the molecule is C=CCS(=O)(=O)Nc1cccc2c1C(=O)c1ccccc1C2=O. The number of rotatable bonds is 4. The summed E-state index contributed by atoms with van der Waals surface area (Å²) in [6.07, 6.45) is 1.25. The maximum absolute atomic E-state index is 12.7. The Balaban J connectivity index is 2.17. The molecule has 0 unspecified atom stereocenters. The first-order valence-corrected chi connectivity index (χ1v) is 8.52. The highest BCUT2D eigenvalue weighted by molar-refractivity contribution is 7.92. The molecular formula is C17H13NO4S. The number of fused-ring (bicyclic) bond motifs is 2. The molecule has 6 heteroatoms. The molecule has 1 N–H and O–H groups in total. The first kappa shape index (κ1) is 15.2. The van der Waals surface area contributed by atoms with E-state index in [9.17, 15) is 18.0 Å². The number of carbonyl (C=O) groups is 2. The largest absolute Gasteiger partial charge is 0.289 e. The first-order chi connectivity index (χ1) is 10.9. The number of ketones is 2. The van der Waals surface area contributed by atoms with E-state index in [-0.39, 0.29) is 39.7 Å². The van der Waals surface area contributed by atoms with Crippen LogP contribution in [0, 0.1) is 0 Å². The summed E-state index contributed by atoms with van der Waals surface area (Å²) in [6, 6.07) is 11.0. The van der Waals surface area contributed by atoms with Crippen molar-refractivity contribution in [3.63, 3.8) is 0 Å². The highest BCUT2D eigenvalue weighted by Crippen LogP contribution is 2.32. The van der Waals surface area contributed by atoms with Gasteiger partial charge in [0.15, 0.2) is 11.6 Å². The van der Waals surface area contributed by atoms with Gasteiger partial charge in [-0.2, -0.15) is 0 Å². The Bertz CT molecular complexity index is 945. The summed E-state index contributed by atoms with van der Waals surface area (Å²) in [4.78, 5) is 25.3. The highest BCUT2D eigenvalue weighted by atomic mass is 32.2. The van der Waals surface area contributed by atoms with Crippen molar-refractivity contribution in [2.24, 2.45) is 0 Å². The Kier molecular flexibility index (Phi) is 3.61. The second-order valence-corrected chi connectivity index (χ2v) is 6.87. The van der Waals surface area contributed by atoms with Crippen LogP contribution in [0.3, 0.4) is 0 Å². The molecule has 0 saturated carbocycles. The molecule has 0 atom stereocenters. The minimum atomic E-state index is -3.67. The molecule has 2 aromatic rings. The van der Waals surface area contributed by atoms with E-state index >= 15 is 0 Å². The molecule has 0 aliphatic heterocycles. The Labute approximate surface area is 133 Å². The average molecular weight is 327 g/mol. The fourth-order valence-corrected chi connectivity index (χ4v) is 3.49. The number of nitrogens with one attached hydrogen (secondary N) is 1. The molecule has 0 fully saturated rings. The summed E-state index contributed by atoms with van der Waals surface area (Å²) in [5.41, 5.74) is 1.00. The van der Waals surface area contributed by atoms with Gasteiger partial charge in [-0.1, -0.05) is 42.5 Å². The van der Waals surface area contributed by atoms with Crippen molar-refractivity contribution in [3.05, 3.63) is 77.4 Å². The van der Waals surface area contributed by atoms with E-state index in [1.807, 2.05) is 0 Å². The van der Waals surface area contributed by atoms with Crippen molar-refractivity contribution in [1.82, 2.24) is 0 Å². The van der Waals surface area contributed by atoms with E-state index < -0.39 is 10.0 Å². The summed E-state index contributed by atoms with van der Waals surface area (Å²) >= 11 is 0. The Hall–Kier alpha value is -2.73. The lowest BCUT2D eigenvalue weighted by molar-refractivity contribution is 0.0979. The van der Waals surface area contributed by atoms with E-state index in [1.165, 1.54) is 18.2 Å². The van der Waals surface area contributed by atoms with Gasteiger partial charge in [-0.3, -0.25) is 14.3 Å². The zero-order chi connectivity index (χ0) is 16.6. The van der Waals surface area contributed by atoms with Crippen LogP contribution in [0.15, 0.2) is 55.1 Å². The highest BCUT2D eigenvalue weighted by Gasteiger charge is 2.31. The first-order valence-electron chi connectivity index (χ1n) is 6.87. The number of hydrogen-bond acceptors (Lipinski definition) is 4. The van der Waals surface area contributed by atoms with Gasteiger partial charge in [0, 0.05) is 16.7 Å². The molecule has 0 saturated heterocycles. The normalized spacial score (nSPS) is 13.2. The summed E-state index contributed by atoms with van der Waals surface area (Å²) in [6.45, 7) is 3.39. The molecule has 23 heavy (non-hydrogen) atoms. The van der Waals surface area contributed by atoms with Gasteiger partial charge < -0.3 is 0 Å². The standard InChI is InChI=1S/C17H13NO4S/c1-2-10-23(21,22)18-14-9-5-8-13-15(14)17(20)12-7-4-3-6-11(12)16(13)19/h2-9,18H,1,10H2. The van der Waals surface area contributed by atoms with Crippen molar-refractivity contribution in [2.45, 2.75) is 0 Å². The molecule has 0 bridgehead atoms. The van der Waals surface area contributed by atoms with E-state index in [0.29, 0.717) is 5.56 Å². The van der Waals surface area contributed by atoms with Crippen LogP contribution in [0.5, 0.6) is 0 Å². The lowest BCUT2D eigenvalue weighted by Crippen LogP contribution is -2.24. The van der Waals surface area contributed by atoms with Crippen LogP contribution in [-0.2, 0) is 10.0 Å². The van der Waals surface area contributed by atoms with Crippen molar-refractivity contribution < 1.29 is 18.0 Å². The zero-order valence-corrected chi connectivity index (χ0v) is 12.9. The molecule has 1 aliphatic rings. The van der Waals surface area contributed by atoms with Crippen LogP contribution in [-0.4, -0.2) is 25.7 Å². The quantitative estimate of drug-likeness (QED) is 0.746. The van der Waals surface area contributed by atoms with Gasteiger partial charge in [0.1, 0.15) is 0 Å². The molecule has 5 nitrogen and oxygen atoms in total. The van der Waals surface area contributed by atoms with Gasteiger partial charge in [0.2, 0.25) is 10.0 Å². The molecule has 116 valence electrons. The van der Waals surface area contributed by atoms with Crippen molar-refractivity contribution in [2.75, 3.05) is 10.5 Å². The minimum Gasteiger partial charge on any atom is -0.289 e. The Morgan fingerprint density at radius 2 is 1.52 bits per heavy atom. The van der Waals surface area contributed by atoms with E-state index in [0.717, 1.165) is 0 Å². The van der Waals surface area contributed by atoms with Crippen molar-refractivity contribution >= 4 is 27.3 Å². The predicted molar refractivity (Wildman–Crippen MR) is 87.4 cm³/mol. The molecule has 1 aliphatic carbocycles. The van der Waals surface area contributed by atoms with Gasteiger partial charge in [0.05, 0.1) is 17.0 Å². The fourth-order valence-electron chi connectivity index (χ4n) is 2.59. The van der Waals surface area contributed by atoms with Crippen LogP contribution >= 0.6 is 0 Å². The minimum absolute atomic E-state index is 0.0869. The van der Waals surface area contributed by atoms with Crippen LogP contribution in [0.2, 0.25) is 0 Å². The molecule has 3 rings (SSSR count). The third kappa shape index (κ3) is 2.57. The van der Waals surface area contributed by atoms with Crippen molar-refractivity contribution in [3.8, 4) is 0 Å². The topological polar surface area (TPSA) is 80.3 Å². The van der Waals surface area contributed by atoms with Gasteiger partial charge in [-0.15, -0.1) is 6.58 Å². The number of benzene rings is 2. The van der Waals surface area contributed by atoms with E-state index in [4.69, 9.17) is 0 Å². The van der Waals surface area contributed by atoms with Gasteiger partial charge in [-0.25, -0.2) is 8.42 Å². The number of hydrogen-bond donors (Lipinski definition) is 1. The lowest BCUT2D eigenvalue weighted by Gasteiger charge is -2.20. The van der Waals surface area contributed by atoms with Crippen LogP contribution < -0.4 is 4.72 Å². The molecule has 0 amide bonds. The monoisotopic (exact) mass is 327 g/mol. The summed E-state index contributed by atoms with van der Waals surface area (Å²) < 4.78 is 26.2. The fraction of sp³-hybridized carbons (Fsp3) is 0.0588. The maximum Gasteiger partial charge on any atom is 0.236 e. The van der Waals surface area contributed by atoms with Gasteiger partial charge in [-0.05, 0) is 6.07 Å². The van der Waals surface area contributed by atoms with Gasteiger partial charge in [0.25, 0.3) is 0 Å². The summed E-state index contributed by atoms with van der Waals surface area (Å²) in [5.74, 6) is -0.942. The molecule has 2 aromatic carbocycles. The summed E-state index contributed by atoms with van der Waals surface area (Å²) in [7, 11) is -3.67. The predicted octanol–water partition coefficient (Wildman–Crippen LogP) is 2.39. The van der Waals surface area contributed by atoms with Crippen LogP contribution in [0.1, 0.15) is 31.8 Å². The third-order valence-electron chi connectivity index (χ3n) is 3.56. The molecule has 0 radical (unpaired) electrons. The van der Waals surface area contributed by atoms with Crippen LogP contribution in [0.25, 0.3) is 0 Å². The Morgan fingerprint density at radius 1 is 0.913 bits per heavy atom. The number of anilines is 1. The van der Waals surface area contributed by atoms with Crippen molar-refractivity contribution in [1.29, 1.82) is 0 Å². The molecular weight excluding hydrogens is 314 g/mol. The van der Waals surface area contributed by atoms with Crippen LogP contribution in [0.4, 0.5) is 5.69 Å². The second-order valence-electron chi connectivity index (χ2n) is 5.10. The molecule has 0 heterocycles. The second kappa shape index (κ2) is 5.48. The van der Waals surface area contributed by atoms with E-state index in [2.05, 4.69) is 11.3 Å². The Morgan fingerprint density at radius 3 is 2.17 bits per heavy atom. The lowest BCUT2D eigenvalue weighted by atomic mass is 9.83.